The van der Waals surface area contributed by atoms with E-state index in [-0.39, 0.29) is 36.1 Å². The smallest absolute Gasteiger partial charge is 0.272 e. The van der Waals surface area contributed by atoms with Crippen LogP contribution in [0.1, 0.15) is 43.6 Å². The van der Waals surface area contributed by atoms with E-state index in [1.165, 1.54) is 18.5 Å². The molecule has 0 aliphatic carbocycles. The number of nitrogens with zero attached hydrogens (tertiary/aromatic N) is 4. The second-order valence-electron chi connectivity index (χ2n) is 9.58. The Labute approximate surface area is 221 Å². The summed E-state index contributed by atoms with van der Waals surface area (Å²) in [5.41, 5.74) is 1.27. The van der Waals surface area contributed by atoms with Gasteiger partial charge >= 0.3 is 0 Å². The summed E-state index contributed by atoms with van der Waals surface area (Å²) in [7, 11) is -3.95. The maximum atomic E-state index is 13.2. The van der Waals surface area contributed by atoms with E-state index in [0.717, 1.165) is 4.31 Å². The van der Waals surface area contributed by atoms with Gasteiger partial charge in [0.2, 0.25) is 5.91 Å². The lowest BCUT2D eigenvalue weighted by Crippen LogP contribution is -2.52. The summed E-state index contributed by atoms with van der Waals surface area (Å²) in [5.74, 6) is -1.42. The molecule has 1 aliphatic heterocycles. The van der Waals surface area contributed by atoms with Crippen molar-refractivity contribution < 1.29 is 22.8 Å². The highest BCUT2D eigenvalue weighted by molar-refractivity contribution is 7.89. The summed E-state index contributed by atoms with van der Waals surface area (Å²) in [6.45, 7) is 3.58. The highest BCUT2D eigenvalue weighted by Gasteiger charge is 2.35. The molecule has 1 aromatic carbocycles. The molecule has 1 saturated heterocycles. The van der Waals surface area contributed by atoms with E-state index < -0.39 is 39.7 Å². The van der Waals surface area contributed by atoms with Gasteiger partial charge in [0.05, 0.1) is 29.8 Å². The average molecular weight is 539 g/mol. The average Bonchev–Trinajstić information content (AvgIpc) is 3.09. The molecule has 2 aromatic heterocycles. The maximum absolute atomic E-state index is 13.2. The molecular weight excluding hydrogens is 508 g/mol. The third-order valence-corrected chi connectivity index (χ3v) is 7.95. The predicted octanol–water partition coefficient (Wildman–Crippen LogP) is 1.71. The topological polar surface area (TPSA) is 151 Å². The molecule has 0 radical (unpaired) electrons. The number of benzene rings is 1. The van der Waals surface area contributed by atoms with Crippen molar-refractivity contribution >= 4 is 38.7 Å². The first-order valence-electron chi connectivity index (χ1n) is 12.4. The van der Waals surface area contributed by atoms with Crippen molar-refractivity contribution in [2.75, 3.05) is 13.1 Å². The van der Waals surface area contributed by atoms with Gasteiger partial charge < -0.3 is 10.6 Å². The Morgan fingerprint density at radius 2 is 1.82 bits per heavy atom. The molecule has 4 rings (SSSR count). The van der Waals surface area contributed by atoms with E-state index in [2.05, 4.69) is 25.6 Å². The molecule has 1 aliphatic rings. The number of hydrogen-bond acceptors (Lipinski definition) is 8. The fraction of sp³-hybridized carbons (Fsp3) is 0.385. The van der Waals surface area contributed by atoms with Gasteiger partial charge in [-0.25, -0.2) is 18.4 Å². The number of rotatable bonds is 8. The molecule has 0 saturated carbocycles. The van der Waals surface area contributed by atoms with Gasteiger partial charge in [0, 0.05) is 12.7 Å². The summed E-state index contributed by atoms with van der Waals surface area (Å²) in [5, 5.41) is 5.33. The zero-order chi connectivity index (χ0) is 27.3. The van der Waals surface area contributed by atoms with Gasteiger partial charge in [0.1, 0.15) is 11.7 Å². The largest absolute Gasteiger partial charge is 0.344 e. The van der Waals surface area contributed by atoms with Gasteiger partial charge in [-0.2, -0.15) is 4.31 Å². The predicted molar refractivity (Wildman–Crippen MR) is 139 cm³/mol. The number of carbonyl (C=O) groups is 3. The van der Waals surface area contributed by atoms with Gasteiger partial charge in [0.25, 0.3) is 15.9 Å². The Morgan fingerprint density at radius 1 is 1.08 bits per heavy atom. The fourth-order valence-corrected chi connectivity index (χ4v) is 5.64. The van der Waals surface area contributed by atoms with Crippen LogP contribution >= 0.6 is 0 Å². The van der Waals surface area contributed by atoms with Gasteiger partial charge in [-0.3, -0.25) is 19.4 Å². The van der Waals surface area contributed by atoms with Gasteiger partial charge in [-0.15, -0.1) is 0 Å². The molecule has 200 valence electrons. The zero-order valence-electron chi connectivity index (χ0n) is 21.2. The number of nitrogens with one attached hydrogen (secondary N) is 2. The number of amides is 2. The Morgan fingerprint density at radius 3 is 2.53 bits per heavy atom. The van der Waals surface area contributed by atoms with E-state index in [0.29, 0.717) is 23.9 Å². The fourth-order valence-electron chi connectivity index (χ4n) is 4.26. The van der Waals surface area contributed by atoms with Crippen LogP contribution in [-0.4, -0.2) is 70.4 Å². The molecule has 0 spiro atoms. The second-order valence-corrected chi connectivity index (χ2v) is 11.5. The molecule has 3 heterocycles. The Hall–Kier alpha value is -3.77. The molecule has 2 atom stereocenters. The maximum Gasteiger partial charge on any atom is 0.272 e. The van der Waals surface area contributed by atoms with Crippen LogP contribution in [0.25, 0.3) is 11.0 Å². The number of hydrogen-bond donors (Lipinski definition) is 2. The second kappa shape index (κ2) is 11.7. The lowest BCUT2D eigenvalue weighted by atomic mass is 10.0. The summed E-state index contributed by atoms with van der Waals surface area (Å²) >= 11 is 0. The molecule has 2 amide bonds. The van der Waals surface area contributed by atoms with Crippen LogP contribution in [0.2, 0.25) is 0 Å². The highest BCUT2D eigenvalue weighted by Crippen LogP contribution is 2.18. The quantitative estimate of drug-likeness (QED) is 0.440. The van der Waals surface area contributed by atoms with Crippen molar-refractivity contribution in [1.82, 2.24) is 29.9 Å². The van der Waals surface area contributed by atoms with Crippen LogP contribution in [0.4, 0.5) is 0 Å². The molecular formula is C26H30N6O5S. The first-order chi connectivity index (χ1) is 18.1. The van der Waals surface area contributed by atoms with Crippen LogP contribution in [0.3, 0.4) is 0 Å². The zero-order valence-corrected chi connectivity index (χ0v) is 22.0. The van der Waals surface area contributed by atoms with E-state index in [1.807, 2.05) is 19.9 Å². The minimum absolute atomic E-state index is 0.0672. The number of para-hydroxylation sites is 2. The minimum atomic E-state index is -3.95. The van der Waals surface area contributed by atoms with Crippen molar-refractivity contribution in [3.05, 3.63) is 60.6 Å². The highest BCUT2D eigenvalue weighted by atomic mass is 32.2. The number of sulfonamides is 1. The number of carbonyl (C=O) groups excluding carboxylic acids is 3. The third-order valence-electron chi connectivity index (χ3n) is 6.19. The first-order valence-corrected chi connectivity index (χ1v) is 13.9. The Bertz CT molecular complexity index is 1430. The third kappa shape index (κ3) is 6.37. The van der Waals surface area contributed by atoms with Gasteiger partial charge in [-0.1, -0.05) is 32.0 Å². The molecule has 0 bridgehead atoms. The number of Topliss-reactive ketones (excluding diaryl/α,β-unsaturated/α-hetero) is 1. The lowest BCUT2D eigenvalue weighted by Gasteiger charge is -2.23. The number of aromatic nitrogens is 3. The van der Waals surface area contributed by atoms with Crippen molar-refractivity contribution in [3.63, 3.8) is 0 Å². The summed E-state index contributed by atoms with van der Waals surface area (Å²) in [6.07, 6.45) is 3.71. The standard InChI is InChI=1S/C26H30N6O5S/c1-17(2)14-21(31-26(35)22-15-28-18-8-3-4-9-19(18)29-22)25(34)30-20-10-7-13-32(16-23(20)33)38(36,37)24-11-5-6-12-27-24/h3-6,8-9,11-12,15,17,20-21H,7,10,13-14,16H2,1-2H3,(H,30,34)(H,31,35)/t20-,21?/m0/s1. The summed E-state index contributed by atoms with van der Waals surface area (Å²) < 4.78 is 27.0. The lowest BCUT2D eigenvalue weighted by molar-refractivity contribution is -0.129. The SMILES string of the molecule is CC(C)CC(NC(=O)c1cnc2ccccc2n1)C(=O)N[C@H]1CCCN(S(=O)(=O)c2ccccn2)CC1=O. The molecule has 1 unspecified atom stereocenters. The first kappa shape index (κ1) is 27.3. The van der Waals surface area contributed by atoms with Crippen LogP contribution in [0, 0.1) is 5.92 Å². The molecule has 1 fully saturated rings. The van der Waals surface area contributed by atoms with Crippen molar-refractivity contribution in [2.45, 2.75) is 50.2 Å². The molecule has 11 nitrogen and oxygen atoms in total. The van der Waals surface area contributed by atoms with E-state index in [4.69, 9.17) is 0 Å². The van der Waals surface area contributed by atoms with Crippen LogP contribution in [-0.2, 0) is 19.6 Å². The van der Waals surface area contributed by atoms with E-state index >= 15 is 0 Å². The van der Waals surface area contributed by atoms with Crippen molar-refractivity contribution in [3.8, 4) is 0 Å². The van der Waals surface area contributed by atoms with Crippen molar-refractivity contribution in [1.29, 1.82) is 0 Å². The molecule has 12 heteroatoms. The Balaban J connectivity index is 1.44. The Kier molecular flexibility index (Phi) is 8.42. The molecule has 2 N–H and O–H groups in total. The minimum Gasteiger partial charge on any atom is -0.344 e. The molecule has 38 heavy (non-hydrogen) atoms. The number of ketones is 1. The normalized spacial score (nSPS) is 17.7. The van der Waals surface area contributed by atoms with E-state index in [1.54, 1.807) is 30.3 Å². The summed E-state index contributed by atoms with van der Waals surface area (Å²) in [4.78, 5) is 51.7. The summed E-state index contributed by atoms with van der Waals surface area (Å²) in [6, 6.07) is 9.90. The molecule has 3 aromatic rings. The van der Waals surface area contributed by atoms with Crippen LogP contribution in [0.15, 0.2) is 59.9 Å². The van der Waals surface area contributed by atoms with Crippen molar-refractivity contribution in [2.24, 2.45) is 5.92 Å². The number of fused-ring (bicyclic) bond motifs is 1. The van der Waals surface area contributed by atoms with Gasteiger partial charge in [0.15, 0.2) is 10.8 Å². The van der Waals surface area contributed by atoms with E-state index in [9.17, 15) is 22.8 Å². The van der Waals surface area contributed by atoms with Crippen LogP contribution < -0.4 is 10.6 Å². The van der Waals surface area contributed by atoms with Crippen LogP contribution in [0.5, 0.6) is 0 Å². The number of pyridine rings is 1. The monoisotopic (exact) mass is 538 g/mol. The van der Waals surface area contributed by atoms with Gasteiger partial charge in [-0.05, 0) is 49.4 Å².